The Balaban J connectivity index is 1.14. The third kappa shape index (κ3) is 4.96. The van der Waals surface area contributed by atoms with Crippen LogP contribution < -0.4 is 10.2 Å². The highest BCUT2D eigenvalue weighted by Crippen LogP contribution is 2.32. The number of aromatic nitrogens is 4. The van der Waals surface area contributed by atoms with Gasteiger partial charge in [0.15, 0.2) is 5.65 Å². The molecule has 2 aliphatic rings. The van der Waals surface area contributed by atoms with E-state index in [1.807, 2.05) is 18.6 Å². The predicted molar refractivity (Wildman–Crippen MR) is 148 cm³/mol. The minimum atomic E-state index is 0.424. The number of pyridine rings is 2. The Hall–Kier alpha value is -3.01. The van der Waals surface area contributed by atoms with Crippen molar-refractivity contribution in [1.29, 1.82) is 0 Å². The third-order valence-electron chi connectivity index (χ3n) is 7.25. The first kappa shape index (κ1) is 23.4. The summed E-state index contributed by atoms with van der Waals surface area (Å²) in [5, 5.41) is 3.70. The van der Waals surface area contributed by atoms with Crippen molar-refractivity contribution in [2.75, 3.05) is 56.5 Å². The van der Waals surface area contributed by atoms with E-state index in [0.717, 1.165) is 84.9 Å². The molecule has 1 unspecified atom stereocenters. The van der Waals surface area contributed by atoms with Crippen molar-refractivity contribution < 1.29 is 0 Å². The number of anilines is 2. The van der Waals surface area contributed by atoms with Gasteiger partial charge in [0.05, 0.1) is 10.2 Å². The van der Waals surface area contributed by atoms with Crippen LogP contribution in [-0.2, 0) is 6.54 Å². The van der Waals surface area contributed by atoms with Crippen LogP contribution >= 0.6 is 15.9 Å². The molecule has 0 spiro atoms. The van der Waals surface area contributed by atoms with Gasteiger partial charge in [-0.2, -0.15) is 0 Å². The maximum Gasteiger partial charge on any atom is 0.180 e. The molecule has 2 N–H and O–H groups in total. The molecule has 9 heteroatoms. The van der Waals surface area contributed by atoms with E-state index >= 15 is 0 Å². The first-order chi connectivity index (χ1) is 17.6. The van der Waals surface area contributed by atoms with Crippen molar-refractivity contribution >= 4 is 38.5 Å². The smallest absolute Gasteiger partial charge is 0.180 e. The van der Waals surface area contributed by atoms with Gasteiger partial charge in [0.25, 0.3) is 0 Å². The number of benzene rings is 1. The van der Waals surface area contributed by atoms with Gasteiger partial charge >= 0.3 is 0 Å². The maximum absolute atomic E-state index is 4.80. The van der Waals surface area contributed by atoms with Crippen LogP contribution in [0, 0.1) is 0 Å². The molecule has 8 nitrogen and oxygen atoms in total. The predicted octanol–water partition coefficient (Wildman–Crippen LogP) is 4.22. The summed E-state index contributed by atoms with van der Waals surface area (Å²) in [6.07, 6.45) is 6.71. The van der Waals surface area contributed by atoms with Gasteiger partial charge in [0.1, 0.15) is 11.3 Å². The number of likely N-dealkylation sites (tertiary alicyclic amines) is 1. The van der Waals surface area contributed by atoms with Crippen molar-refractivity contribution in [1.82, 2.24) is 29.7 Å². The van der Waals surface area contributed by atoms with Crippen LogP contribution in [0.3, 0.4) is 0 Å². The second-order valence-electron chi connectivity index (χ2n) is 9.82. The quantitative estimate of drug-likeness (QED) is 0.375. The standard InChI is InChI=1S/C27H31BrN8/c1-34-11-8-21(18-34)31-24-23(28)16-30-27-25(24)32-26(33-27)20-2-4-22(5-3-20)36-14-12-35(13-15-36)17-19-6-9-29-10-7-19/h2-7,9-10,16,21H,8,11-15,17-18H2,1H3,(H2,30,31,32,33). The number of likely N-dealkylation sites (N-methyl/N-ethyl adjacent to an activating group) is 1. The van der Waals surface area contributed by atoms with Crippen LogP contribution in [0.15, 0.2) is 59.5 Å². The highest BCUT2D eigenvalue weighted by molar-refractivity contribution is 9.10. The largest absolute Gasteiger partial charge is 0.378 e. The van der Waals surface area contributed by atoms with Gasteiger partial charge in [0.2, 0.25) is 0 Å². The summed E-state index contributed by atoms with van der Waals surface area (Å²) in [5.74, 6) is 0.843. The molecule has 0 aliphatic carbocycles. The number of H-pyrrole nitrogens is 1. The molecule has 6 rings (SSSR count). The maximum atomic E-state index is 4.80. The van der Waals surface area contributed by atoms with Gasteiger partial charge in [0, 0.05) is 75.2 Å². The summed E-state index contributed by atoms with van der Waals surface area (Å²) in [7, 11) is 2.17. The number of rotatable bonds is 6. The van der Waals surface area contributed by atoms with Crippen molar-refractivity contribution in [3.8, 4) is 11.4 Å². The van der Waals surface area contributed by atoms with E-state index < -0.39 is 0 Å². The Morgan fingerprint density at radius 3 is 2.53 bits per heavy atom. The molecule has 0 radical (unpaired) electrons. The number of imidazole rings is 1. The lowest BCUT2D eigenvalue weighted by molar-refractivity contribution is 0.250. The number of aromatic amines is 1. The van der Waals surface area contributed by atoms with Gasteiger partial charge in [-0.25, -0.2) is 9.97 Å². The molecule has 186 valence electrons. The van der Waals surface area contributed by atoms with Gasteiger partial charge in [-0.3, -0.25) is 9.88 Å². The zero-order chi connectivity index (χ0) is 24.5. The number of halogens is 1. The van der Waals surface area contributed by atoms with E-state index in [1.54, 1.807) is 0 Å². The molecule has 3 aromatic heterocycles. The zero-order valence-electron chi connectivity index (χ0n) is 20.5. The average Bonchev–Trinajstić information content (AvgIpc) is 3.53. The number of piperazine rings is 1. The molecule has 36 heavy (non-hydrogen) atoms. The Morgan fingerprint density at radius 1 is 1.03 bits per heavy atom. The van der Waals surface area contributed by atoms with E-state index in [-0.39, 0.29) is 0 Å². The fourth-order valence-corrected chi connectivity index (χ4v) is 5.62. The van der Waals surface area contributed by atoms with Crippen molar-refractivity contribution in [2.45, 2.75) is 19.0 Å². The first-order valence-corrected chi connectivity index (χ1v) is 13.4. The summed E-state index contributed by atoms with van der Waals surface area (Å²) in [6.45, 7) is 7.30. The summed E-state index contributed by atoms with van der Waals surface area (Å²) in [6, 6.07) is 13.4. The molecule has 5 heterocycles. The Labute approximate surface area is 219 Å². The monoisotopic (exact) mass is 546 g/mol. The molecule has 1 atom stereocenters. The Bertz CT molecular complexity index is 1320. The number of fused-ring (bicyclic) bond motifs is 1. The summed E-state index contributed by atoms with van der Waals surface area (Å²) < 4.78 is 0.957. The molecular formula is C27H31BrN8. The first-order valence-electron chi connectivity index (χ1n) is 12.6. The molecule has 2 aliphatic heterocycles. The van der Waals surface area contributed by atoms with Gasteiger partial charge < -0.3 is 20.1 Å². The Morgan fingerprint density at radius 2 is 1.81 bits per heavy atom. The average molecular weight is 548 g/mol. The lowest BCUT2D eigenvalue weighted by Gasteiger charge is -2.36. The van der Waals surface area contributed by atoms with Crippen molar-refractivity contribution in [3.63, 3.8) is 0 Å². The number of hydrogen-bond acceptors (Lipinski definition) is 7. The summed E-state index contributed by atoms with van der Waals surface area (Å²) in [4.78, 5) is 24.3. The molecule has 0 amide bonds. The van der Waals surface area contributed by atoms with Crippen LogP contribution in [0.1, 0.15) is 12.0 Å². The second kappa shape index (κ2) is 10.2. The lowest BCUT2D eigenvalue weighted by atomic mass is 10.1. The summed E-state index contributed by atoms with van der Waals surface area (Å²) in [5.41, 5.74) is 6.37. The topological polar surface area (TPSA) is 76.2 Å². The van der Waals surface area contributed by atoms with Gasteiger partial charge in [-0.05, 0) is 77.9 Å². The lowest BCUT2D eigenvalue weighted by Crippen LogP contribution is -2.45. The van der Waals surface area contributed by atoms with E-state index in [9.17, 15) is 0 Å². The minimum Gasteiger partial charge on any atom is -0.378 e. The summed E-state index contributed by atoms with van der Waals surface area (Å²) >= 11 is 3.68. The number of nitrogens with one attached hydrogen (secondary N) is 2. The zero-order valence-corrected chi connectivity index (χ0v) is 22.1. The van der Waals surface area contributed by atoms with E-state index in [0.29, 0.717) is 6.04 Å². The van der Waals surface area contributed by atoms with E-state index in [2.05, 4.69) is 94.3 Å². The molecule has 1 aromatic carbocycles. The normalized spacial score (nSPS) is 19.3. The fraction of sp³-hybridized carbons (Fsp3) is 0.370. The molecule has 0 saturated carbocycles. The van der Waals surface area contributed by atoms with Crippen molar-refractivity contribution in [2.24, 2.45) is 0 Å². The molecule has 2 saturated heterocycles. The molecular weight excluding hydrogens is 516 g/mol. The van der Waals surface area contributed by atoms with Crippen LogP contribution in [0.4, 0.5) is 11.4 Å². The second-order valence-corrected chi connectivity index (χ2v) is 10.7. The van der Waals surface area contributed by atoms with Crippen LogP contribution in [0.5, 0.6) is 0 Å². The third-order valence-corrected chi connectivity index (χ3v) is 7.85. The molecule has 0 bridgehead atoms. The highest BCUT2D eigenvalue weighted by Gasteiger charge is 2.22. The number of hydrogen-bond donors (Lipinski definition) is 2. The van der Waals surface area contributed by atoms with E-state index in [4.69, 9.17) is 4.98 Å². The van der Waals surface area contributed by atoms with Crippen LogP contribution in [0.25, 0.3) is 22.6 Å². The van der Waals surface area contributed by atoms with Crippen LogP contribution in [-0.4, -0.2) is 82.1 Å². The van der Waals surface area contributed by atoms with Crippen molar-refractivity contribution in [3.05, 3.63) is 65.0 Å². The number of nitrogens with zero attached hydrogens (tertiary/aromatic N) is 6. The Kier molecular flexibility index (Phi) is 6.60. The molecule has 4 aromatic rings. The van der Waals surface area contributed by atoms with E-state index in [1.165, 1.54) is 11.3 Å². The van der Waals surface area contributed by atoms with Gasteiger partial charge in [-0.1, -0.05) is 0 Å². The SMILES string of the molecule is CN1CCC(Nc2c(Br)cnc3nc(-c4ccc(N5CCN(Cc6ccncc6)CC5)cc4)[nH]c23)C1. The fourth-order valence-electron chi connectivity index (χ4n) is 5.21. The van der Waals surface area contributed by atoms with Crippen LogP contribution in [0.2, 0.25) is 0 Å². The molecule has 2 fully saturated rings. The van der Waals surface area contributed by atoms with Gasteiger partial charge in [-0.15, -0.1) is 0 Å². The highest BCUT2D eigenvalue weighted by atomic mass is 79.9. The minimum absolute atomic E-state index is 0.424.